The smallest absolute Gasteiger partial charge is 0.262 e. The monoisotopic (exact) mass is 336 g/mol. The van der Waals surface area contributed by atoms with Crippen molar-refractivity contribution < 1.29 is 14.4 Å². The van der Waals surface area contributed by atoms with Crippen molar-refractivity contribution in [1.29, 1.82) is 0 Å². The highest BCUT2D eigenvalue weighted by Gasteiger charge is 2.44. The van der Waals surface area contributed by atoms with Crippen LogP contribution in [0.15, 0.2) is 54.6 Å². The van der Waals surface area contributed by atoms with Crippen molar-refractivity contribution in [2.45, 2.75) is 19.9 Å². The summed E-state index contributed by atoms with van der Waals surface area (Å²) in [4.78, 5) is 41.2. The van der Waals surface area contributed by atoms with Crippen LogP contribution < -0.4 is 4.90 Å². The maximum Gasteiger partial charge on any atom is 0.262 e. The molecule has 3 amide bonds. The molecule has 0 N–H and O–H groups in total. The van der Waals surface area contributed by atoms with E-state index in [-0.39, 0.29) is 11.8 Å². The van der Waals surface area contributed by atoms with Crippen LogP contribution in [0.25, 0.3) is 0 Å². The van der Waals surface area contributed by atoms with E-state index in [0.717, 1.165) is 10.6 Å². The van der Waals surface area contributed by atoms with Crippen molar-refractivity contribution in [3.63, 3.8) is 0 Å². The molecule has 2 aromatic carbocycles. The molecule has 1 atom stereocenters. The van der Waals surface area contributed by atoms with Gasteiger partial charge in [-0.1, -0.05) is 44.2 Å². The highest BCUT2D eigenvalue weighted by atomic mass is 16.2. The van der Waals surface area contributed by atoms with Crippen LogP contribution in [-0.2, 0) is 4.79 Å². The van der Waals surface area contributed by atoms with Crippen molar-refractivity contribution >= 4 is 23.4 Å². The minimum absolute atomic E-state index is 0.208. The Morgan fingerprint density at radius 3 is 1.84 bits per heavy atom. The molecule has 0 saturated carbocycles. The summed E-state index contributed by atoms with van der Waals surface area (Å²) < 4.78 is 0. The van der Waals surface area contributed by atoms with Gasteiger partial charge in [0.25, 0.3) is 11.8 Å². The van der Waals surface area contributed by atoms with Crippen LogP contribution >= 0.6 is 0 Å². The molecule has 0 fully saturated rings. The Bertz CT molecular complexity index is 795. The van der Waals surface area contributed by atoms with Crippen molar-refractivity contribution in [2.24, 2.45) is 5.92 Å². The number of amides is 3. The fraction of sp³-hybridized carbons (Fsp3) is 0.250. The number of likely N-dealkylation sites (N-methyl/N-ethyl adjacent to an activating group) is 1. The third-order valence-corrected chi connectivity index (χ3v) is 4.46. The minimum atomic E-state index is -0.849. The van der Waals surface area contributed by atoms with Crippen LogP contribution in [0, 0.1) is 5.92 Å². The van der Waals surface area contributed by atoms with Crippen molar-refractivity contribution in [3.05, 3.63) is 65.7 Å². The molecule has 0 spiro atoms. The Balaban J connectivity index is 1.96. The van der Waals surface area contributed by atoms with E-state index in [0.29, 0.717) is 11.1 Å². The molecule has 25 heavy (non-hydrogen) atoms. The van der Waals surface area contributed by atoms with E-state index in [9.17, 15) is 14.4 Å². The Labute approximate surface area is 146 Å². The van der Waals surface area contributed by atoms with Gasteiger partial charge in [0.1, 0.15) is 6.04 Å². The first-order valence-corrected chi connectivity index (χ1v) is 8.23. The second-order valence-corrected chi connectivity index (χ2v) is 6.45. The summed E-state index contributed by atoms with van der Waals surface area (Å²) in [6.45, 7) is 3.68. The van der Waals surface area contributed by atoms with Gasteiger partial charge in [-0.3, -0.25) is 19.3 Å². The predicted octanol–water partition coefficient (Wildman–Crippen LogP) is 2.97. The second-order valence-electron chi connectivity index (χ2n) is 6.45. The fourth-order valence-electron chi connectivity index (χ4n) is 3.13. The molecule has 2 aromatic rings. The maximum atomic E-state index is 13.1. The standard InChI is InChI=1S/C20H20N2O3/c1-13(2)17(20(25)21(3)14-9-5-4-6-10-14)22-18(23)15-11-7-8-12-16(15)19(22)24/h4-13,17H,1-3H3. The third-order valence-electron chi connectivity index (χ3n) is 4.46. The van der Waals surface area contributed by atoms with Gasteiger partial charge in [0.15, 0.2) is 0 Å². The highest BCUT2D eigenvalue weighted by molar-refractivity contribution is 6.23. The van der Waals surface area contributed by atoms with Gasteiger partial charge in [-0.2, -0.15) is 0 Å². The first kappa shape index (κ1) is 16.9. The number of hydrogen-bond acceptors (Lipinski definition) is 3. The number of imide groups is 1. The fourth-order valence-corrected chi connectivity index (χ4v) is 3.13. The zero-order chi connectivity index (χ0) is 18.1. The van der Waals surface area contributed by atoms with Gasteiger partial charge >= 0.3 is 0 Å². The van der Waals surface area contributed by atoms with Crippen LogP contribution in [-0.4, -0.2) is 35.7 Å². The molecule has 5 heteroatoms. The third kappa shape index (κ3) is 2.82. The Hall–Kier alpha value is -2.95. The molecular formula is C20H20N2O3. The molecular weight excluding hydrogens is 316 g/mol. The summed E-state index contributed by atoms with van der Waals surface area (Å²) in [5.74, 6) is -1.31. The Morgan fingerprint density at radius 2 is 1.36 bits per heavy atom. The van der Waals surface area contributed by atoms with Crippen LogP contribution in [0.5, 0.6) is 0 Å². The van der Waals surface area contributed by atoms with Crippen LogP contribution in [0.3, 0.4) is 0 Å². The molecule has 0 bridgehead atoms. The average molecular weight is 336 g/mol. The number of anilines is 1. The molecule has 1 aliphatic heterocycles. The van der Waals surface area contributed by atoms with Gasteiger partial charge in [0, 0.05) is 12.7 Å². The summed E-state index contributed by atoms with van der Waals surface area (Å²) in [5.41, 5.74) is 1.43. The molecule has 1 heterocycles. The lowest BCUT2D eigenvalue weighted by atomic mass is 10.0. The van der Waals surface area contributed by atoms with Gasteiger partial charge in [-0.05, 0) is 30.2 Å². The molecule has 0 saturated heterocycles. The molecule has 0 aliphatic carbocycles. The van der Waals surface area contributed by atoms with Crippen molar-refractivity contribution in [3.8, 4) is 0 Å². The molecule has 3 rings (SSSR count). The van der Waals surface area contributed by atoms with Crippen LogP contribution in [0.1, 0.15) is 34.6 Å². The molecule has 0 aromatic heterocycles. The Morgan fingerprint density at radius 1 is 0.880 bits per heavy atom. The minimum Gasteiger partial charge on any atom is -0.314 e. The number of carbonyl (C=O) groups excluding carboxylic acids is 3. The van der Waals surface area contributed by atoms with Gasteiger partial charge in [-0.15, -0.1) is 0 Å². The lowest BCUT2D eigenvalue weighted by Crippen LogP contribution is -2.52. The van der Waals surface area contributed by atoms with Gasteiger partial charge in [0.05, 0.1) is 11.1 Å². The first-order valence-electron chi connectivity index (χ1n) is 8.23. The summed E-state index contributed by atoms with van der Waals surface area (Å²) >= 11 is 0. The van der Waals surface area contributed by atoms with Crippen molar-refractivity contribution in [2.75, 3.05) is 11.9 Å². The largest absolute Gasteiger partial charge is 0.314 e. The van der Waals surface area contributed by atoms with E-state index in [1.165, 1.54) is 4.90 Å². The van der Waals surface area contributed by atoms with E-state index in [1.54, 1.807) is 31.3 Å². The molecule has 0 radical (unpaired) electrons. The predicted molar refractivity (Wildman–Crippen MR) is 95.4 cm³/mol. The number of carbonyl (C=O) groups is 3. The quantitative estimate of drug-likeness (QED) is 0.807. The van der Waals surface area contributed by atoms with E-state index < -0.39 is 17.9 Å². The summed E-state index contributed by atoms with van der Waals surface area (Å²) in [6, 6.07) is 15.0. The van der Waals surface area contributed by atoms with E-state index in [4.69, 9.17) is 0 Å². The van der Waals surface area contributed by atoms with Gasteiger partial charge in [-0.25, -0.2) is 0 Å². The normalized spacial score (nSPS) is 14.6. The number of hydrogen-bond donors (Lipinski definition) is 0. The van der Waals surface area contributed by atoms with Crippen LogP contribution in [0.2, 0.25) is 0 Å². The average Bonchev–Trinajstić information content (AvgIpc) is 2.87. The zero-order valence-electron chi connectivity index (χ0n) is 14.5. The lowest BCUT2D eigenvalue weighted by Gasteiger charge is -2.32. The molecule has 5 nitrogen and oxygen atoms in total. The Kier molecular flexibility index (Phi) is 4.40. The topological polar surface area (TPSA) is 57.7 Å². The zero-order valence-corrected chi connectivity index (χ0v) is 14.5. The SMILES string of the molecule is CC(C)C(C(=O)N(C)c1ccccc1)N1C(=O)c2ccccc2C1=O. The van der Waals surface area contributed by atoms with Crippen LogP contribution in [0.4, 0.5) is 5.69 Å². The van der Waals surface area contributed by atoms with Crippen molar-refractivity contribution in [1.82, 2.24) is 4.90 Å². The summed E-state index contributed by atoms with van der Waals surface area (Å²) in [7, 11) is 1.66. The summed E-state index contributed by atoms with van der Waals surface area (Å²) in [6.07, 6.45) is 0. The first-order chi connectivity index (χ1) is 11.9. The van der Waals surface area contributed by atoms with E-state index in [2.05, 4.69) is 0 Å². The van der Waals surface area contributed by atoms with Gasteiger partial charge in [0.2, 0.25) is 5.91 Å². The van der Waals surface area contributed by atoms with Gasteiger partial charge < -0.3 is 4.90 Å². The number of nitrogens with zero attached hydrogens (tertiary/aromatic N) is 2. The van der Waals surface area contributed by atoms with E-state index in [1.807, 2.05) is 44.2 Å². The number of para-hydroxylation sites is 1. The summed E-state index contributed by atoms with van der Waals surface area (Å²) in [5, 5.41) is 0. The molecule has 1 unspecified atom stereocenters. The van der Waals surface area contributed by atoms with E-state index >= 15 is 0 Å². The lowest BCUT2D eigenvalue weighted by molar-refractivity contribution is -0.123. The maximum absolute atomic E-state index is 13.1. The molecule has 128 valence electrons. The number of benzene rings is 2. The number of rotatable bonds is 4. The highest BCUT2D eigenvalue weighted by Crippen LogP contribution is 2.28. The molecule has 1 aliphatic rings. The second kappa shape index (κ2) is 6.51. The number of fused-ring (bicyclic) bond motifs is 1.